The monoisotopic (exact) mass is 520 g/mol. The maximum absolute atomic E-state index is 13.7. The van der Waals surface area contributed by atoms with E-state index in [1.54, 1.807) is 0 Å². The maximum atomic E-state index is 13.7. The van der Waals surface area contributed by atoms with Crippen LogP contribution in [0.3, 0.4) is 0 Å². The molecule has 202 valence electrons. The van der Waals surface area contributed by atoms with Gasteiger partial charge in [0.1, 0.15) is 0 Å². The summed E-state index contributed by atoms with van der Waals surface area (Å²) in [5.41, 5.74) is 0.245. The highest BCUT2D eigenvalue weighted by molar-refractivity contribution is 6.30. The van der Waals surface area contributed by atoms with Gasteiger partial charge in [-0.2, -0.15) is 0 Å². The van der Waals surface area contributed by atoms with Crippen LogP contribution in [0.5, 0.6) is 0 Å². The second kappa shape index (κ2) is 13.2. The minimum atomic E-state index is -0.820. The van der Waals surface area contributed by atoms with Crippen LogP contribution in [0.4, 0.5) is 0 Å². The first-order valence-corrected chi connectivity index (χ1v) is 13.8. The summed E-state index contributed by atoms with van der Waals surface area (Å²) in [6.45, 7) is 6.21. The van der Waals surface area contributed by atoms with Gasteiger partial charge in [-0.1, -0.05) is 43.0 Å². The fourth-order valence-electron chi connectivity index (χ4n) is 5.36. The van der Waals surface area contributed by atoms with Crippen molar-refractivity contribution in [2.45, 2.75) is 76.9 Å². The molecule has 2 N–H and O–H groups in total. The summed E-state index contributed by atoms with van der Waals surface area (Å²) in [5, 5.41) is 14.1. The summed E-state index contributed by atoms with van der Waals surface area (Å²) in [5.74, 6) is 0.0988. The zero-order chi connectivity index (χ0) is 26.3. The molecule has 1 aromatic carbocycles. The number of halogens is 1. The molecule has 2 aliphatic rings. The molecule has 2 fully saturated rings. The minimum Gasteiger partial charge on any atom is -0.395 e. The van der Waals surface area contributed by atoms with Crippen LogP contribution in [0, 0.1) is 5.41 Å². The number of rotatable bonds is 11. The molecule has 36 heavy (non-hydrogen) atoms. The van der Waals surface area contributed by atoms with E-state index in [4.69, 9.17) is 11.6 Å². The Morgan fingerprint density at radius 1 is 1.11 bits per heavy atom. The van der Waals surface area contributed by atoms with Crippen LogP contribution < -0.4 is 5.32 Å². The van der Waals surface area contributed by atoms with Gasteiger partial charge in [-0.05, 0) is 71.3 Å². The molecule has 0 aromatic heterocycles. The van der Waals surface area contributed by atoms with E-state index in [-0.39, 0.29) is 36.5 Å². The number of carbonyl (C=O) groups excluding carboxylic acids is 2. The summed E-state index contributed by atoms with van der Waals surface area (Å²) in [7, 11) is 4.04. The number of benzene rings is 1. The van der Waals surface area contributed by atoms with E-state index >= 15 is 0 Å². The van der Waals surface area contributed by atoms with Crippen LogP contribution in [0.15, 0.2) is 24.3 Å². The molecule has 3 rings (SSSR count). The highest BCUT2D eigenvalue weighted by atomic mass is 35.5. The lowest BCUT2D eigenvalue weighted by Gasteiger charge is -2.42. The molecule has 1 aliphatic heterocycles. The molecule has 1 saturated carbocycles. The number of amides is 2. The quantitative estimate of drug-likeness (QED) is 0.468. The van der Waals surface area contributed by atoms with E-state index in [9.17, 15) is 14.7 Å². The first kappa shape index (κ1) is 28.9. The smallest absolute Gasteiger partial charge is 0.240 e. The molecule has 2 amide bonds. The average molecular weight is 521 g/mol. The number of hydrogen-bond donors (Lipinski definition) is 2. The van der Waals surface area contributed by atoms with Gasteiger partial charge in [0.15, 0.2) is 0 Å². The van der Waals surface area contributed by atoms with Gasteiger partial charge in [-0.25, -0.2) is 0 Å². The molecule has 0 unspecified atom stereocenters. The first-order chi connectivity index (χ1) is 17.1. The summed E-state index contributed by atoms with van der Waals surface area (Å²) in [4.78, 5) is 33.4. The number of aliphatic hydroxyl groups is 1. The predicted octanol–water partition coefficient (Wildman–Crippen LogP) is 3.18. The Labute approximate surface area is 222 Å². The second-order valence-electron chi connectivity index (χ2n) is 11.4. The van der Waals surface area contributed by atoms with Crippen LogP contribution >= 0.6 is 11.6 Å². The summed E-state index contributed by atoms with van der Waals surface area (Å²) in [6, 6.07) is 7.53. The van der Waals surface area contributed by atoms with Gasteiger partial charge >= 0.3 is 0 Å². The lowest BCUT2D eigenvalue weighted by molar-refractivity contribution is -0.149. The van der Waals surface area contributed by atoms with Gasteiger partial charge in [0.25, 0.3) is 0 Å². The molecular weight excluding hydrogens is 476 g/mol. The van der Waals surface area contributed by atoms with Crippen LogP contribution in [0.25, 0.3) is 0 Å². The molecule has 1 aromatic rings. The number of likely N-dealkylation sites (N-methyl/N-ethyl adjacent to an activating group) is 1. The topological polar surface area (TPSA) is 76.1 Å². The second-order valence-corrected chi connectivity index (χ2v) is 11.9. The summed E-state index contributed by atoms with van der Waals surface area (Å²) < 4.78 is 0. The normalized spacial score (nSPS) is 20.1. The lowest BCUT2D eigenvalue weighted by Crippen LogP contribution is -2.55. The van der Waals surface area contributed by atoms with Crippen LogP contribution in [-0.4, -0.2) is 96.6 Å². The number of carbonyl (C=O) groups is 2. The van der Waals surface area contributed by atoms with Gasteiger partial charge in [0.2, 0.25) is 11.8 Å². The van der Waals surface area contributed by atoms with Crippen molar-refractivity contribution in [2.75, 3.05) is 46.9 Å². The Morgan fingerprint density at radius 2 is 1.78 bits per heavy atom. The van der Waals surface area contributed by atoms with Gasteiger partial charge in [0, 0.05) is 37.2 Å². The molecule has 1 saturated heterocycles. The highest BCUT2D eigenvalue weighted by Gasteiger charge is 2.42. The van der Waals surface area contributed by atoms with Crippen LogP contribution in [0.2, 0.25) is 5.02 Å². The fraction of sp³-hybridized carbons (Fsp3) is 0.714. The van der Waals surface area contributed by atoms with E-state index in [0.717, 1.165) is 44.2 Å². The third-order valence-corrected chi connectivity index (χ3v) is 7.90. The van der Waals surface area contributed by atoms with Gasteiger partial charge in [0.05, 0.1) is 24.1 Å². The van der Waals surface area contributed by atoms with Crippen molar-refractivity contribution in [1.82, 2.24) is 20.0 Å². The Hall–Kier alpha value is -1.67. The molecule has 7 nitrogen and oxygen atoms in total. The zero-order valence-corrected chi connectivity index (χ0v) is 23.3. The van der Waals surface area contributed by atoms with E-state index in [0.29, 0.717) is 31.1 Å². The molecule has 1 aliphatic carbocycles. The Bertz CT molecular complexity index is 855. The van der Waals surface area contributed by atoms with Crippen molar-refractivity contribution in [2.24, 2.45) is 5.41 Å². The zero-order valence-electron chi connectivity index (χ0n) is 22.5. The van der Waals surface area contributed by atoms with E-state index in [1.165, 1.54) is 6.42 Å². The van der Waals surface area contributed by atoms with Gasteiger partial charge in [-0.3, -0.25) is 9.59 Å². The first-order valence-electron chi connectivity index (χ1n) is 13.5. The Kier molecular flexibility index (Phi) is 10.6. The SMILES string of the molecule is CN(C)CCN[C@H](Cc1ccc(Cl)cc1)C(=O)N1CC[C@H](N(C(=O)C(C)(C)CO)C2CCCCC2)C1. The van der Waals surface area contributed by atoms with Crippen molar-refractivity contribution in [3.05, 3.63) is 34.9 Å². The average Bonchev–Trinajstić information content (AvgIpc) is 3.34. The molecule has 8 heteroatoms. The Balaban J connectivity index is 1.74. The van der Waals surface area contributed by atoms with Crippen molar-refractivity contribution in [3.8, 4) is 0 Å². The highest BCUT2D eigenvalue weighted by Crippen LogP contribution is 2.32. The van der Waals surface area contributed by atoms with Gasteiger partial charge in [-0.15, -0.1) is 0 Å². The van der Waals surface area contributed by atoms with Crippen molar-refractivity contribution >= 4 is 23.4 Å². The van der Waals surface area contributed by atoms with Crippen molar-refractivity contribution < 1.29 is 14.7 Å². The third kappa shape index (κ3) is 7.67. The van der Waals surface area contributed by atoms with Crippen molar-refractivity contribution in [3.63, 3.8) is 0 Å². The summed E-state index contributed by atoms with van der Waals surface area (Å²) in [6.07, 6.45) is 6.84. The molecule has 0 radical (unpaired) electrons. The van der Waals surface area contributed by atoms with Crippen LogP contribution in [0.1, 0.15) is 57.9 Å². The number of aliphatic hydroxyl groups excluding tert-OH is 1. The molecule has 0 bridgehead atoms. The molecule has 0 spiro atoms. The van der Waals surface area contributed by atoms with Crippen molar-refractivity contribution in [1.29, 1.82) is 0 Å². The standard InChI is InChI=1S/C28H45ClN4O3/c1-28(2,20-34)27(36)33(23-8-6-5-7-9-23)24-14-16-32(19-24)26(35)25(30-15-17-31(3)4)18-21-10-12-22(29)13-11-21/h10-13,23-25,30,34H,5-9,14-20H2,1-4H3/t24-,25+/m0/s1. The third-order valence-electron chi connectivity index (χ3n) is 7.65. The molecule has 2 atom stereocenters. The summed E-state index contributed by atoms with van der Waals surface area (Å²) >= 11 is 6.07. The van der Waals surface area contributed by atoms with E-state index in [1.807, 2.05) is 57.1 Å². The van der Waals surface area contributed by atoms with Gasteiger partial charge < -0.3 is 25.1 Å². The molecule has 1 heterocycles. The minimum absolute atomic E-state index is 0.00617. The largest absolute Gasteiger partial charge is 0.395 e. The van der Waals surface area contributed by atoms with Crippen LogP contribution in [-0.2, 0) is 16.0 Å². The fourth-order valence-corrected chi connectivity index (χ4v) is 5.49. The Morgan fingerprint density at radius 3 is 2.39 bits per heavy atom. The number of likely N-dealkylation sites (tertiary alicyclic amines) is 1. The number of nitrogens with one attached hydrogen (secondary N) is 1. The van der Waals surface area contributed by atoms with E-state index < -0.39 is 5.41 Å². The number of hydrogen-bond acceptors (Lipinski definition) is 5. The maximum Gasteiger partial charge on any atom is 0.240 e. The predicted molar refractivity (Wildman–Crippen MR) is 145 cm³/mol. The number of nitrogens with zero attached hydrogens (tertiary/aromatic N) is 3. The van der Waals surface area contributed by atoms with E-state index in [2.05, 4.69) is 15.1 Å². The molecular formula is C28H45ClN4O3. The lowest BCUT2D eigenvalue weighted by atomic mass is 9.87.